The normalized spacial score (nSPS) is 12.3. The molecule has 0 fully saturated rings. The summed E-state index contributed by atoms with van der Waals surface area (Å²) in [4.78, 5) is 3.41. The molecule has 0 aliphatic heterocycles. The standard InChI is InChI=1S/C19H12F4N4O2S2/c20-14-7-13(5-6-17(14)31(24,28)29)27-16(8-18(26-27)19(21,22)23)12-3-1-11(2-4-12)15-9-30-10-25-15/h1-10H,(H2,24,28,29). The maximum Gasteiger partial charge on any atom is 0.435 e. The number of sulfonamides is 1. The molecule has 6 nitrogen and oxygen atoms in total. The third-order valence-corrected chi connectivity index (χ3v) is 5.91. The first-order chi connectivity index (χ1) is 14.5. The smallest absolute Gasteiger partial charge is 0.245 e. The highest BCUT2D eigenvalue weighted by Gasteiger charge is 2.35. The second kappa shape index (κ2) is 7.55. The second-order valence-electron chi connectivity index (χ2n) is 6.44. The van der Waals surface area contributed by atoms with Crippen LogP contribution in [-0.4, -0.2) is 23.2 Å². The topological polar surface area (TPSA) is 90.9 Å². The molecule has 4 rings (SSSR count). The molecule has 0 saturated carbocycles. The van der Waals surface area contributed by atoms with Crippen molar-refractivity contribution in [2.24, 2.45) is 5.14 Å². The molecule has 0 radical (unpaired) electrons. The monoisotopic (exact) mass is 468 g/mol. The van der Waals surface area contributed by atoms with E-state index in [1.807, 2.05) is 5.38 Å². The van der Waals surface area contributed by atoms with Gasteiger partial charge in [0, 0.05) is 22.6 Å². The molecule has 0 atom stereocenters. The van der Waals surface area contributed by atoms with E-state index in [0.717, 1.165) is 40.2 Å². The predicted molar refractivity (Wildman–Crippen MR) is 106 cm³/mol. The van der Waals surface area contributed by atoms with Gasteiger partial charge in [-0.1, -0.05) is 24.3 Å². The molecular weight excluding hydrogens is 456 g/mol. The maximum absolute atomic E-state index is 14.3. The Bertz CT molecular complexity index is 1350. The Morgan fingerprint density at radius 2 is 1.68 bits per heavy atom. The zero-order valence-electron chi connectivity index (χ0n) is 15.3. The highest BCUT2D eigenvalue weighted by Crippen LogP contribution is 2.34. The van der Waals surface area contributed by atoms with Gasteiger partial charge >= 0.3 is 6.18 Å². The summed E-state index contributed by atoms with van der Waals surface area (Å²) in [5.41, 5.74) is 2.31. The summed E-state index contributed by atoms with van der Waals surface area (Å²) < 4.78 is 78.0. The first-order valence-electron chi connectivity index (χ1n) is 8.53. The zero-order chi connectivity index (χ0) is 22.4. The van der Waals surface area contributed by atoms with E-state index in [-0.39, 0.29) is 11.4 Å². The molecule has 2 aromatic heterocycles. The van der Waals surface area contributed by atoms with Crippen molar-refractivity contribution in [2.45, 2.75) is 11.1 Å². The van der Waals surface area contributed by atoms with Crippen molar-refractivity contribution >= 4 is 21.4 Å². The Labute approximate surface area is 177 Å². The van der Waals surface area contributed by atoms with Crippen LogP contribution in [0.2, 0.25) is 0 Å². The molecule has 0 saturated heterocycles. The lowest BCUT2D eigenvalue weighted by Gasteiger charge is -2.10. The van der Waals surface area contributed by atoms with E-state index in [1.165, 1.54) is 11.3 Å². The van der Waals surface area contributed by atoms with Gasteiger partial charge in [0.05, 0.1) is 22.6 Å². The number of aromatic nitrogens is 3. The van der Waals surface area contributed by atoms with Crippen LogP contribution >= 0.6 is 11.3 Å². The Morgan fingerprint density at radius 1 is 1.00 bits per heavy atom. The number of hydrogen-bond acceptors (Lipinski definition) is 5. The summed E-state index contributed by atoms with van der Waals surface area (Å²) in [6.45, 7) is 0. The minimum atomic E-state index is -4.74. The molecule has 0 unspecified atom stereocenters. The van der Waals surface area contributed by atoms with Crippen LogP contribution in [0.3, 0.4) is 0 Å². The van der Waals surface area contributed by atoms with Gasteiger partial charge in [0.15, 0.2) is 5.69 Å². The van der Waals surface area contributed by atoms with E-state index in [0.29, 0.717) is 5.56 Å². The van der Waals surface area contributed by atoms with Gasteiger partial charge in [0.25, 0.3) is 0 Å². The van der Waals surface area contributed by atoms with E-state index in [1.54, 1.807) is 29.8 Å². The Kier molecular flexibility index (Phi) is 5.15. The fraction of sp³-hybridized carbons (Fsp3) is 0.0526. The summed E-state index contributed by atoms with van der Waals surface area (Å²) in [5, 5.41) is 10.3. The minimum Gasteiger partial charge on any atom is -0.245 e. The quantitative estimate of drug-likeness (QED) is 0.448. The van der Waals surface area contributed by atoms with Gasteiger partial charge < -0.3 is 0 Å². The number of hydrogen-bond donors (Lipinski definition) is 1. The molecule has 2 heterocycles. The summed E-state index contributed by atoms with van der Waals surface area (Å²) in [5.74, 6) is -1.20. The van der Waals surface area contributed by atoms with Gasteiger partial charge in [0.2, 0.25) is 10.0 Å². The summed E-state index contributed by atoms with van der Waals surface area (Å²) in [7, 11) is -4.33. The van der Waals surface area contributed by atoms with E-state index >= 15 is 0 Å². The van der Waals surface area contributed by atoms with Crippen LogP contribution in [0.15, 0.2) is 64.3 Å². The van der Waals surface area contributed by atoms with Crippen molar-refractivity contribution < 1.29 is 26.0 Å². The molecule has 0 aliphatic rings. The Balaban J connectivity index is 1.84. The number of primary sulfonamides is 1. The van der Waals surface area contributed by atoms with Crippen LogP contribution in [0.25, 0.3) is 28.2 Å². The second-order valence-corrected chi connectivity index (χ2v) is 8.68. The van der Waals surface area contributed by atoms with Gasteiger partial charge in [-0.25, -0.2) is 27.6 Å². The molecule has 31 heavy (non-hydrogen) atoms. The lowest BCUT2D eigenvalue weighted by Crippen LogP contribution is -2.14. The third kappa shape index (κ3) is 4.22. The number of thiazole rings is 1. The molecule has 12 heteroatoms. The van der Waals surface area contributed by atoms with Crippen LogP contribution in [0.5, 0.6) is 0 Å². The van der Waals surface area contributed by atoms with Crippen LogP contribution in [-0.2, 0) is 16.2 Å². The lowest BCUT2D eigenvalue weighted by molar-refractivity contribution is -0.141. The van der Waals surface area contributed by atoms with Crippen LogP contribution in [0.1, 0.15) is 5.69 Å². The van der Waals surface area contributed by atoms with Crippen molar-refractivity contribution in [1.29, 1.82) is 0 Å². The van der Waals surface area contributed by atoms with Crippen LogP contribution in [0, 0.1) is 5.82 Å². The summed E-state index contributed by atoms with van der Waals surface area (Å²) in [6.07, 6.45) is -4.74. The first-order valence-corrected chi connectivity index (χ1v) is 11.0. The number of nitrogens with two attached hydrogens (primary N) is 1. The fourth-order valence-electron chi connectivity index (χ4n) is 2.94. The number of nitrogens with zero attached hydrogens (tertiary/aromatic N) is 3. The first kappa shape index (κ1) is 21.2. The average molecular weight is 468 g/mol. The zero-order valence-corrected chi connectivity index (χ0v) is 17.0. The van der Waals surface area contributed by atoms with Crippen molar-refractivity contribution in [2.75, 3.05) is 0 Å². The van der Waals surface area contributed by atoms with Crippen molar-refractivity contribution in [1.82, 2.24) is 14.8 Å². The van der Waals surface area contributed by atoms with Gasteiger partial charge in [0.1, 0.15) is 10.7 Å². The van der Waals surface area contributed by atoms with Gasteiger partial charge in [-0.05, 0) is 18.2 Å². The van der Waals surface area contributed by atoms with Gasteiger partial charge in [-0.15, -0.1) is 11.3 Å². The molecule has 0 bridgehead atoms. The highest BCUT2D eigenvalue weighted by atomic mass is 32.2. The summed E-state index contributed by atoms with van der Waals surface area (Å²) >= 11 is 1.41. The third-order valence-electron chi connectivity index (χ3n) is 4.38. The number of benzene rings is 2. The van der Waals surface area contributed by atoms with Gasteiger partial charge in [-0.2, -0.15) is 18.3 Å². The van der Waals surface area contributed by atoms with Crippen molar-refractivity contribution in [3.8, 4) is 28.2 Å². The Morgan fingerprint density at radius 3 is 2.23 bits per heavy atom. The average Bonchev–Trinajstić information content (AvgIpc) is 3.37. The molecule has 2 aromatic carbocycles. The molecule has 4 aromatic rings. The fourth-order valence-corrected chi connectivity index (χ4v) is 4.09. The van der Waals surface area contributed by atoms with Crippen molar-refractivity contribution in [3.63, 3.8) is 0 Å². The molecule has 160 valence electrons. The molecular formula is C19H12F4N4O2S2. The molecule has 0 aliphatic carbocycles. The largest absolute Gasteiger partial charge is 0.435 e. The van der Waals surface area contributed by atoms with Crippen LogP contribution < -0.4 is 5.14 Å². The summed E-state index contributed by atoms with van der Waals surface area (Å²) in [6, 6.07) is 10.2. The minimum absolute atomic E-state index is 0.0416. The molecule has 0 spiro atoms. The predicted octanol–water partition coefficient (Wildman–Crippen LogP) is 4.47. The van der Waals surface area contributed by atoms with E-state index in [2.05, 4.69) is 10.1 Å². The number of alkyl halides is 3. The van der Waals surface area contributed by atoms with E-state index in [9.17, 15) is 26.0 Å². The Hall–Kier alpha value is -3.09. The molecule has 2 N–H and O–H groups in total. The lowest BCUT2D eigenvalue weighted by atomic mass is 10.1. The van der Waals surface area contributed by atoms with E-state index in [4.69, 9.17) is 5.14 Å². The maximum atomic E-state index is 14.3. The van der Waals surface area contributed by atoms with Crippen molar-refractivity contribution in [3.05, 3.63) is 70.9 Å². The van der Waals surface area contributed by atoms with Crippen LogP contribution in [0.4, 0.5) is 17.6 Å². The number of rotatable bonds is 4. The SMILES string of the molecule is NS(=O)(=O)c1ccc(-n2nc(C(F)(F)F)cc2-c2ccc(-c3cscn3)cc2)cc1F. The van der Waals surface area contributed by atoms with Gasteiger partial charge in [-0.3, -0.25) is 0 Å². The molecule has 0 amide bonds. The van der Waals surface area contributed by atoms with E-state index < -0.39 is 32.6 Å². The highest BCUT2D eigenvalue weighted by molar-refractivity contribution is 7.89. The number of halogens is 4.